The van der Waals surface area contributed by atoms with Crippen LogP contribution >= 0.6 is 11.3 Å². The van der Waals surface area contributed by atoms with Gasteiger partial charge in [0.05, 0.1) is 10.4 Å². The Kier molecular flexibility index (Phi) is 7.75. The molecule has 5 heterocycles. The predicted molar refractivity (Wildman–Crippen MR) is 194 cm³/mol. The van der Waals surface area contributed by atoms with Gasteiger partial charge >= 0.3 is 6.18 Å². The fourth-order valence-electron chi connectivity index (χ4n) is 8.70. The standard InChI is InChI=1S/C40H26F7N7O3S/c41-20-5-15(6-21(42)10-20)7-26(31(34(48)55)54-33-29(32(53-54)40(45,46)47)25-11-27(25)39(33,43)44)30-22(16-1-3-18-13-49-36(56)23(18)8-16)12-28-35(51-30)52-38(58-28)17-2-4-19-14-50-37(57)24(19)9-17/h1-6,8-10,12,25-27,31H,7,11,13-14H2,(H2,48,55)(H,49,56)(H,50,57)/t25-,26+,27+,31?/m0/s1. The lowest BCUT2D eigenvalue weighted by Gasteiger charge is -2.29. The van der Waals surface area contributed by atoms with E-state index in [4.69, 9.17) is 15.7 Å². The lowest BCUT2D eigenvalue weighted by atomic mass is 9.84. The summed E-state index contributed by atoms with van der Waals surface area (Å²) >= 11 is 1.18. The summed E-state index contributed by atoms with van der Waals surface area (Å²) in [6, 6.07) is 12.1. The van der Waals surface area contributed by atoms with Gasteiger partial charge in [-0.25, -0.2) is 23.4 Å². The number of carbonyl (C=O) groups excluding carboxylic acids is 3. The molecule has 10 nitrogen and oxygen atoms in total. The SMILES string of the molecule is NC(=O)C([C@H](Cc1cc(F)cc(F)c1)c1nc2nc(-c3ccc4c(c3)C(=O)NC4)sc2cc1-c1ccc2c(c1)C(=O)NC2)n1nc(C(F)(F)F)c2c1C(F)(F)[C@@H]1C[C@H]21. The molecule has 3 aromatic carbocycles. The minimum absolute atomic E-state index is 0.0643. The quantitative estimate of drug-likeness (QED) is 0.138. The third-order valence-corrected chi connectivity index (χ3v) is 12.4. The van der Waals surface area contributed by atoms with Gasteiger partial charge in [0.25, 0.3) is 17.7 Å². The highest BCUT2D eigenvalue weighted by atomic mass is 32.1. The van der Waals surface area contributed by atoms with Gasteiger partial charge in [0.15, 0.2) is 11.3 Å². The Morgan fingerprint density at radius 2 is 1.53 bits per heavy atom. The number of hydrogen-bond acceptors (Lipinski definition) is 7. The van der Waals surface area contributed by atoms with E-state index in [-0.39, 0.29) is 47.2 Å². The van der Waals surface area contributed by atoms with Crippen LogP contribution < -0.4 is 16.4 Å². The average molecular weight is 818 g/mol. The second-order valence-corrected chi connectivity index (χ2v) is 16.0. The highest BCUT2D eigenvalue weighted by Gasteiger charge is 2.69. The van der Waals surface area contributed by atoms with E-state index < -0.39 is 76.8 Å². The Balaban J connectivity index is 1.23. The molecule has 4 aliphatic rings. The molecule has 6 aromatic rings. The van der Waals surface area contributed by atoms with Crippen LogP contribution in [0.15, 0.2) is 60.7 Å². The Morgan fingerprint density at radius 3 is 2.17 bits per heavy atom. The monoisotopic (exact) mass is 817 g/mol. The molecule has 18 heteroatoms. The molecule has 2 aliphatic carbocycles. The molecule has 2 aliphatic heterocycles. The Bertz CT molecular complexity index is 2800. The number of nitrogens with two attached hydrogens (primary N) is 1. The third kappa shape index (κ3) is 5.59. The molecule has 1 unspecified atom stereocenters. The number of hydrogen-bond donors (Lipinski definition) is 3. The Hall–Kier alpha value is -6.17. The molecule has 294 valence electrons. The maximum atomic E-state index is 16.1. The van der Waals surface area contributed by atoms with Crippen molar-refractivity contribution in [2.45, 2.75) is 55.9 Å². The van der Waals surface area contributed by atoms with Gasteiger partial charge in [-0.3, -0.25) is 14.4 Å². The number of fused-ring (bicyclic) bond motifs is 6. The molecule has 0 saturated heterocycles. The summed E-state index contributed by atoms with van der Waals surface area (Å²) < 4.78 is 106. The minimum atomic E-state index is -5.19. The molecule has 1 fully saturated rings. The molecule has 0 radical (unpaired) electrons. The first-order valence-electron chi connectivity index (χ1n) is 18.0. The van der Waals surface area contributed by atoms with Gasteiger partial charge in [0, 0.05) is 58.8 Å². The first-order chi connectivity index (χ1) is 27.6. The number of thiazole rings is 1. The summed E-state index contributed by atoms with van der Waals surface area (Å²) in [4.78, 5) is 48.7. The largest absolute Gasteiger partial charge is 0.435 e. The number of aromatic nitrogens is 4. The molecule has 4 atom stereocenters. The van der Waals surface area contributed by atoms with Crippen LogP contribution in [-0.2, 0) is 36.4 Å². The number of carbonyl (C=O) groups is 3. The number of pyridine rings is 1. The van der Waals surface area contributed by atoms with Crippen molar-refractivity contribution in [3.05, 3.63) is 123 Å². The Labute approximate surface area is 326 Å². The molecular weight excluding hydrogens is 792 g/mol. The van der Waals surface area contributed by atoms with E-state index in [9.17, 15) is 36.3 Å². The second kappa shape index (κ2) is 12.4. The van der Waals surface area contributed by atoms with E-state index in [0.717, 1.165) is 17.7 Å². The first-order valence-corrected chi connectivity index (χ1v) is 18.8. The number of benzene rings is 3. The van der Waals surface area contributed by atoms with Crippen molar-refractivity contribution in [2.75, 3.05) is 0 Å². The zero-order chi connectivity index (χ0) is 40.6. The van der Waals surface area contributed by atoms with Gasteiger partial charge in [-0.2, -0.15) is 27.1 Å². The number of amides is 3. The van der Waals surface area contributed by atoms with Crippen molar-refractivity contribution in [1.29, 1.82) is 0 Å². The zero-order valence-corrected chi connectivity index (χ0v) is 30.4. The number of nitrogens with one attached hydrogen (secondary N) is 2. The van der Waals surface area contributed by atoms with E-state index in [1.807, 2.05) is 0 Å². The normalized spacial score (nSPS) is 19.6. The molecule has 58 heavy (non-hydrogen) atoms. The topological polar surface area (TPSA) is 145 Å². The van der Waals surface area contributed by atoms with E-state index in [2.05, 4.69) is 15.7 Å². The summed E-state index contributed by atoms with van der Waals surface area (Å²) in [5, 5.41) is 9.55. The summed E-state index contributed by atoms with van der Waals surface area (Å²) in [5.41, 5.74) is 5.79. The van der Waals surface area contributed by atoms with E-state index >= 15 is 8.78 Å². The summed E-state index contributed by atoms with van der Waals surface area (Å²) in [7, 11) is 0. The molecule has 3 amide bonds. The second-order valence-electron chi connectivity index (χ2n) is 14.9. The first kappa shape index (κ1) is 36.2. The maximum Gasteiger partial charge on any atom is 0.435 e. The molecular formula is C40H26F7N7O3S. The average Bonchev–Trinajstić information content (AvgIpc) is 3.46. The molecule has 4 N–H and O–H groups in total. The molecule has 0 spiro atoms. The van der Waals surface area contributed by atoms with Crippen molar-refractivity contribution in [1.82, 2.24) is 30.4 Å². The number of primary amides is 1. The number of halogens is 7. The van der Waals surface area contributed by atoms with Crippen LogP contribution in [0, 0.1) is 17.6 Å². The lowest BCUT2D eigenvalue weighted by molar-refractivity contribution is -0.142. The van der Waals surface area contributed by atoms with Gasteiger partial charge in [-0.15, -0.1) is 11.3 Å². The van der Waals surface area contributed by atoms with Crippen molar-refractivity contribution < 1.29 is 45.1 Å². The highest BCUT2D eigenvalue weighted by Crippen LogP contribution is 2.69. The fraction of sp³-hybridized carbons (Fsp3) is 0.250. The molecule has 0 bridgehead atoms. The van der Waals surface area contributed by atoms with Crippen LogP contribution in [0.4, 0.5) is 30.7 Å². The van der Waals surface area contributed by atoms with Crippen LogP contribution in [0.25, 0.3) is 32.0 Å². The maximum absolute atomic E-state index is 16.1. The number of rotatable bonds is 8. The predicted octanol–water partition coefficient (Wildman–Crippen LogP) is 7.27. The van der Waals surface area contributed by atoms with Crippen LogP contribution in [0.5, 0.6) is 0 Å². The zero-order valence-electron chi connectivity index (χ0n) is 29.6. The molecule has 10 rings (SSSR count). The van der Waals surface area contributed by atoms with E-state index in [1.54, 1.807) is 42.5 Å². The molecule has 1 saturated carbocycles. The highest BCUT2D eigenvalue weighted by molar-refractivity contribution is 7.21. The van der Waals surface area contributed by atoms with Crippen molar-refractivity contribution in [3.8, 4) is 21.7 Å². The van der Waals surface area contributed by atoms with Crippen molar-refractivity contribution in [2.24, 2.45) is 11.7 Å². The summed E-state index contributed by atoms with van der Waals surface area (Å²) in [6.45, 7) is 0.603. The van der Waals surface area contributed by atoms with Crippen molar-refractivity contribution in [3.63, 3.8) is 0 Å². The number of alkyl halides is 5. The van der Waals surface area contributed by atoms with Crippen LogP contribution in [0.2, 0.25) is 0 Å². The van der Waals surface area contributed by atoms with Crippen LogP contribution in [0.1, 0.15) is 84.4 Å². The smallest absolute Gasteiger partial charge is 0.368 e. The van der Waals surface area contributed by atoms with Gasteiger partial charge in [0.2, 0.25) is 5.91 Å². The minimum Gasteiger partial charge on any atom is -0.368 e. The van der Waals surface area contributed by atoms with Gasteiger partial charge in [-0.05, 0) is 71.3 Å². The van der Waals surface area contributed by atoms with Gasteiger partial charge < -0.3 is 16.4 Å². The lowest BCUT2D eigenvalue weighted by Crippen LogP contribution is -2.37. The van der Waals surface area contributed by atoms with Gasteiger partial charge in [0.1, 0.15) is 28.4 Å². The van der Waals surface area contributed by atoms with E-state index in [1.165, 1.54) is 11.3 Å². The summed E-state index contributed by atoms with van der Waals surface area (Å²) in [6.07, 6.45) is -5.95. The van der Waals surface area contributed by atoms with Crippen LogP contribution in [0.3, 0.4) is 0 Å². The fourth-order valence-corrected chi connectivity index (χ4v) is 9.65. The van der Waals surface area contributed by atoms with Gasteiger partial charge in [-0.1, -0.05) is 24.3 Å². The summed E-state index contributed by atoms with van der Waals surface area (Å²) in [5.74, 6) is -12.1. The van der Waals surface area contributed by atoms with E-state index in [0.29, 0.717) is 54.8 Å². The molecule has 3 aromatic heterocycles. The number of nitrogens with zero attached hydrogens (tertiary/aromatic N) is 4. The third-order valence-electron chi connectivity index (χ3n) is 11.4. The Morgan fingerprint density at radius 1 is 0.897 bits per heavy atom. The van der Waals surface area contributed by atoms with Crippen LogP contribution in [-0.4, -0.2) is 37.5 Å². The van der Waals surface area contributed by atoms with Crippen molar-refractivity contribution >= 4 is 39.4 Å².